The first-order chi connectivity index (χ1) is 32.6. The maximum atomic E-state index is 5.15. The predicted molar refractivity (Wildman–Crippen MR) is 276 cm³/mol. The average molecular weight is 846 g/mol. The van der Waals surface area contributed by atoms with Crippen molar-refractivity contribution in [1.29, 1.82) is 0 Å². The van der Waals surface area contributed by atoms with Crippen LogP contribution in [0.3, 0.4) is 0 Å². The van der Waals surface area contributed by atoms with E-state index >= 15 is 0 Å². The van der Waals surface area contributed by atoms with Gasteiger partial charge >= 0.3 is 0 Å². The van der Waals surface area contributed by atoms with Crippen molar-refractivity contribution < 1.29 is 0 Å². The largest absolute Gasteiger partial charge is 0.310 e. The lowest BCUT2D eigenvalue weighted by Crippen LogP contribution is -2.09. The molecular formula is C61H43N5. The van der Waals surface area contributed by atoms with Crippen LogP contribution in [0.15, 0.2) is 243 Å². The maximum absolute atomic E-state index is 5.15. The van der Waals surface area contributed by atoms with Crippen LogP contribution in [0.5, 0.6) is 0 Å². The van der Waals surface area contributed by atoms with Gasteiger partial charge in [-0.25, -0.2) is 4.98 Å². The summed E-state index contributed by atoms with van der Waals surface area (Å²) in [7, 11) is 0. The number of pyridine rings is 2. The number of rotatable bonds is 9. The van der Waals surface area contributed by atoms with Gasteiger partial charge < -0.3 is 14.4 Å². The molecule has 0 radical (unpaired) electrons. The predicted octanol–water partition coefficient (Wildman–Crippen LogP) is 16.5. The van der Waals surface area contributed by atoms with E-state index in [0.717, 1.165) is 95.0 Å². The maximum Gasteiger partial charge on any atom is 0.0972 e. The van der Waals surface area contributed by atoms with Crippen molar-refractivity contribution in [2.75, 3.05) is 9.80 Å². The molecule has 12 rings (SSSR count). The van der Waals surface area contributed by atoms with Gasteiger partial charge in [0.2, 0.25) is 0 Å². The Hall–Kier alpha value is -8.80. The standard InChI is InChI=1S/C61H43N5/c1-42-39-46(28-34-54(42)57-35-29-45-25-24-44-15-14-38-62-60(44)61(45)63-57)43-26-30-51(31-27-43)66-58-36-32-52(64(47-16-6-2-7-17-47)48-18-8-3-9-19-48)40-55(58)56-41-53(33-37-59(56)66)65(49-20-10-4-11-21-49)50-22-12-5-13-23-50/h2-41H,1H3. The van der Waals surface area contributed by atoms with Crippen LogP contribution < -0.4 is 9.80 Å². The first-order valence-corrected chi connectivity index (χ1v) is 22.4. The van der Waals surface area contributed by atoms with Crippen LogP contribution >= 0.6 is 0 Å². The Bertz CT molecular complexity index is 3480. The van der Waals surface area contributed by atoms with Gasteiger partial charge in [0.05, 0.1) is 27.8 Å². The summed E-state index contributed by atoms with van der Waals surface area (Å²) in [6, 6.07) is 84.5. The van der Waals surface area contributed by atoms with E-state index in [9.17, 15) is 0 Å². The Morgan fingerprint density at radius 2 is 0.864 bits per heavy atom. The lowest BCUT2D eigenvalue weighted by molar-refractivity contribution is 1.18. The van der Waals surface area contributed by atoms with Crippen molar-refractivity contribution in [3.63, 3.8) is 0 Å². The molecule has 0 aliphatic heterocycles. The zero-order valence-electron chi connectivity index (χ0n) is 36.3. The molecule has 0 amide bonds. The Balaban J connectivity index is 0.974. The van der Waals surface area contributed by atoms with Crippen LogP contribution in [0, 0.1) is 6.92 Å². The molecular weight excluding hydrogens is 803 g/mol. The molecule has 5 nitrogen and oxygen atoms in total. The molecule has 3 aromatic heterocycles. The van der Waals surface area contributed by atoms with E-state index in [1.54, 1.807) is 0 Å². The highest BCUT2D eigenvalue weighted by atomic mass is 15.1. The molecule has 0 atom stereocenters. The van der Waals surface area contributed by atoms with Crippen LogP contribution in [-0.4, -0.2) is 14.5 Å². The van der Waals surface area contributed by atoms with E-state index in [2.05, 4.69) is 257 Å². The summed E-state index contributed by atoms with van der Waals surface area (Å²) in [5, 5.41) is 4.52. The molecule has 66 heavy (non-hydrogen) atoms. The molecule has 0 bridgehead atoms. The molecule has 0 saturated heterocycles. The minimum absolute atomic E-state index is 0.927. The van der Waals surface area contributed by atoms with Gasteiger partial charge in [-0.2, -0.15) is 0 Å². The molecule has 0 saturated carbocycles. The molecule has 0 aliphatic carbocycles. The number of benzene rings is 9. The number of hydrogen-bond acceptors (Lipinski definition) is 4. The number of nitrogens with zero attached hydrogens (tertiary/aromatic N) is 5. The van der Waals surface area contributed by atoms with E-state index in [1.165, 1.54) is 16.3 Å². The van der Waals surface area contributed by atoms with Crippen molar-refractivity contribution in [2.45, 2.75) is 6.92 Å². The van der Waals surface area contributed by atoms with E-state index in [4.69, 9.17) is 4.98 Å². The van der Waals surface area contributed by atoms with Gasteiger partial charge in [-0.05, 0) is 133 Å². The smallest absolute Gasteiger partial charge is 0.0972 e. The van der Waals surface area contributed by atoms with Crippen molar-refractivity contribution in [3.8, 4) is 28.1 Å². The second kappa shape index (κ2) is 16.4. The van der Waals surface area contributed by atoms with E-state index in [0.29, 0.717) is 0 Å². The van der Waals surface area contributed by atoms with Gasteiger partial charge in [0.25, 0.3) is 0 Å². The SMILES string of the molecule is Cc1cc(-c2ccc(-n3c4ccc(N(c5ccccc5)c5ccccc5)cc4c4cc(N(c5ccccc5)c5ccccc5)ccc43)cc2)ccc1-c1ccc2ccc3cccnc3c2n1. The third kappa shape index (κ3) is 6.91. The van der Waals surface area contributed by atoms with E-state index in [1.807, 2.05) is 12.3 Å². The summed E-state index contributed by atoms with van der Waals surface area (Å²) < 4.78 is 2.41. The van der Waals surface area contributed by atoms with Crippen LogP contribution in [0.1, 0.15) is 5.56 Å². The van der Waals surface area contributed by atoms with Gasteiger partial charge in [0.1, 0.15) is 0 Å². The van der Waals surface area contributed by atoms with Crippen molar-refractivity contribution in [1.82, 2.24) is 14.5 Å². The molecule has 12 aromatic rings. The zero-order chi connectivity index (χ0) is 44.0. The van der Waals surface area contributed by atoms with E-state index in [-0.39, 0.29) is 0 Å². The van der Waals surface area contributed by atoms with Crippen molar-refractivity contribution in [3.05, 3.63) is 248 Å². The molecule has 9 aromatic carbocycles. The summed E-state index contributed by atoms with van der Waals surface area (Å²) in [6.07, 6.45) is 1.84. The fourth-order valence-corrected chi connectivity index (χ4v) is 9.57. The highest BCUT2D eigenvalue weighted by molar-refractivity contribution is 6.12. The zero-order valence-corrected chi connectivity index (χ0v) is 36.3. The number of fused-ring (bicyclic) bond motifs is 6. The quantitative estimate of drug-likeness (QED) is 0.136. The molecule has 3 heterocycles. The second-order valence-corrected chi connectivity index (χ2v) is 16.7. The Morgan fingerprint density at radius 1 is 0.379 bits per heavy atom. The van der Waals surface area contributed by atoms with Gasteiger partial charge in [0.15, 0.2) is 0 Å². The van der Waals surface area contributed by atoms with Crippen molar-refractivity contribution >= 4 is 77.7 Å². The highest BCUT2D eigenvalue weighted by Gasteiger charge is 2.20. The van der Waals surface area contributed by atoms with Crippen LogP contribution in [0.4, 0.5) is 34.1 Å². The summed E-state index contributed by atoms with van der Waals surface area (Å²) in [6.45, 7) is 2.18. The summed E-state index contributed by atoms with van der Waals surface area (Å²) in [5.41, 5.74) is 17.4. The fraction of sp³-hybridized carbons (Fsp3) is 0.0164. The number of hydrogen-bond donors (Lipinski definition) is 0. The Morgan fingerprint density at radius 3 is 1.38 bits per heavy atom. The molecule has 0 unspecified atom stereocenters. The average Bonchev–Trinajstić information content (AvgIpc) is 3.70. The molecule has 0 spiro atoms. The van der Waals surface area contributed by atoms with Gasteiger partial charge in [-0.1, -0.05) is 127 Å². The summed E-state index contributed by atoms with van der Waals surface area (Å²) >= 11 is 0. The second-order valence-electron chi connectivity index (χ2n) is 16.7. The molecule has 0 fully saturated rings. The van der Waals surface area contributed by atoms with Gasteiger partial charge in [0, 0.05) is 73.1 Å². The summed E-state index contributed by atoms with van der Waals surface area (Å²) in [5.74, 6) is 0. The topological polar surface area (TPSA) is 37.2 Å². The number of aryl methyl sites for hydroxylation is 1. The third-order valence-corrected chi connectivity index (χ3v) is 12.7. The number of para-hydroxylation sites is 4. The van der Waals surface area contributed by atoms with Crippen LogP contribution in [0.25, 0.3) is 71.7 Å². The fourth-order valence-electron chi connectivity index (χ4n) is 9.57. The minimum atomic E-state index is 0.927. The molecule has 0 N–H and O–H groups in total. The Labute approximate surface area is 383 Å². The minimum Gasteiger partial charge on any atom is -0.310 e. The first kappa shape index (κ1) is 38.8. The molecule has 312 valence electrons. The third-order valence-electron chi connectivity index (χ3n) is 12.7. The molecule has 0 aliphatic rings. The van der Waals surface area contributed by atoms with Crippen molar-refractivity contribution in [2.24, 2.45) is 0 Å². The molecule has 5 heteroatoms. The number of anilines is 6. The lowest BCUT2D eigenvalue weighted by atomic mass is 9.97. The first-order valence-electron chi connectivity index (χ1n) is 22.4. The van der Waals surface area contributed by atoms with Crippen LogP contribution in [0.2, 0.25) is 0 Å². The van der Waals surface area contributed by atoms with Gasteiger partial charge in [-0.3, -0.25) is 4.98 Å². The monoisotopic (exact) mass is 845 g/mol. The summed E-state index contributed by atoms with van der Waals surface area (Å²) in [4.78, 5) is 14.5. The Kier molecular flexibility index (Phi) is 9.65. The number of aromatic nitrogens is 3. The lowest BCUT2D eigenvalue weighted by Gasteiger charge is -2.26. The highest BCUT2D eigenvalue weighted by Crippen LogP contribution is 2.43. The normalized spacial score (nSPS) is 11.4. The van der Waals surface area contributed by atoms with Gasteiger partial charge in [-0.15, -0.1) is 0 Å². The van der Waals surface area contributed by atoms with E-state index < -0.39 is 0 Å². The van der Waals surface area contributed by atoms with Crippen LogP contribution in [-0.2, 0) is 0 Å².